The summed E-state index contributed by atoms with van der Waals surface area (Å²) in [6, 6.07) is 15.2. The first-order valence-corrected chi connectivity index (χ1v) is 23.5. The molecule has 0 aliphatic carbocycles. The van der Waals surface area contributed by atoms with Gasteiger partial charge in [0.25, 0.3) is 5.91 Å². The number of ether oxygens (including phenoxy) is 3. The molecule has 0 spiro atoms. The maximum atomic E-state index is 14.4. The molecule has 2 amide bonds. The van der Waals surface area contributed by atoms with Crippen LogP contribution in [-0.4, -0.2) is 103 Å². The number of hydrogen-bond acceptors (Lipinski definition) is 15. The van der Waals surface area contributed by atoms with Crippen molar-refractivity contribution >= 4 is 68.4 Å². The molecule has 70 heavy (non-hydrogen) atoms. The zero-order valence-corrected chi connectivity index (χ0v) is 40.9. The number of thiophene rings is 1. The largest absolute Gasteiger partial charge is 0.496 e. The van der Waals surface area contributed by atoms with Gasteiger partial charge in [0.05, 0.1) is 90.2 Å². The maximum Gasteiger partial charge on any atom is 0.330 e. The molecule has 6 aromatic heterocycles. The van der Waals surface area contributed by atoms with E-state index >= 15 is 0 Å². The predicted molar refractivity (Wildman–Crippen MR) is 262 cm³/mol. The quantitative estimate of drug-likeness (QED) is 0.0773. The minimum Gasteiger partial charge on any atom is -0.496 e. The fourth-order valence-electron chi connectivity index (χ4n) is 8.83. The molecular weight excluding hydrogens is 938 g/mol. The molecule has 7 heterocycles. The Labute approximate surface area is 409 Å². The second-order valence-corrected chi connectivity index (χ2v) is 18.0. The standard InChI is InChI=1S/C49H48ClN11O8S/c1-25-41-43(30-11-13-31(50)14-12-30)55-36(22-40(63)67-7)46-57-56-29(5)61(46)48(41)70-45(25)47(64)53-17-19-68-18-16-52-39(62)24-59-37-23-54-35-20-33(42-26(2)58-69-28(42)4)38(66-6)21-32(35)44(37)60(49(59)65)27(3)34-10-8-9-15-51-34/h8-15,20-21,23,27,36H,16-19,22,24H2,1-7H3,(H,52,62)(H,53,64)/t27?,36-/m0/s1. The van der Waals surface area contributed by atoms with Gasteiger partial charge in [-0.25, -0.2) is 4.79 Å². The lowest BCUT2D eigenvalue weighted by atomic mass is 9.99. The van der Waals surface area contributed by atoms with Gasteiger partial charge < -0.3 is 29.4 Å². The van der Waals surface area contributed by atoms with Gasteiger partial charge in [0.1, 0.15) is 34.9 Å². The molecule has 1 aliphatic rings. The van der Waals surface area contributed by atoms with Crippen molar-refractivity contribution < 1.29 is 33.1 Å². The third-order valence-corrected chi connectivity index (χ3v) is 13.8. The summed E-state index contributed by atoms with van der Waals surface area (Å²) in [6.07, 6.45) is 3.21. The number of aliphatic imine (C=N–C) groups is 1. The van der Waals surface area contributed by atoms with E-state index in [1.807, 2.05) is 74.7 Å². The number of hydrogen-bond donors (Lipinski definition) is 2. The van der Waals surface area contributed by atoms with E-state index in [9.17, 15) is 19.2 Å². The van der Waals surface area contributed by atoms with Gasteiger partial charge in [-0.1, -0.05) is 35.0 Å². The molecular formula is C49H48ClN11O8S. The molecule has 0 bridgehead atoms. The number of methoxy groups -OCH3 is 2. The number of nitrogens with zero attached hydrogens (tertiary/aromatic N) is 9. The van der Waals surface area contributed by atoms with Crippen LogP contribution in [0, 0.1) is 27.7 Å². The van der Waals surface area contributed by atoms with Crippen molar-refractivity contribution in [2.24, 2.45) is 4.99 Å². The normalized spacial score (nSPS) is 13.7. The Morgan fingerprint density at radius 2 is 1.73 bits per heavy atom. The van der Waals surface area contributed by atoms with Crippen LogP contribution in [0.5, 0.6) is 5.75 Å². The van der Waals surface area contributed by atoms with E-state index in [4.69, 9.17) is 40.3 Å². The molecule has 8 aromatic rings. The van der Waals surface area contributed by atoms with Crippen molar-refractivity contribution in [1.29, 1.82) is 0 Å². The molecule has 0 radical (unpaired) electrons. The van der Waals surface area contributed by atoms with Gasteiger partial charge in [-0.05, 0) is 76.6 Å². The summed E-state index contributed by atoms with van der Waals surface area (Å²) in [5.41, 5.74) is 6.84. The van der Waals surface area contributed by atoms with Crippen LogP contribution in [0.4, 0.5) is 0 Å². The van der Waals surface area contributed by atoms with Crippen molar-refractivity contribution in [2.75, 3.05) is 40.5 Å². The minimum absolute atomic E-state index is 0.0615. The van der Waals surface area contributed by atoms with Gasteiger partial charge in [0.15, 0.2) is 5.82 Å². The highest BCUT2D eigenvalue weighted by Crippen LogP contribution is 2.41. The number of imidazole rings is 1. The molecule has 0 saturated carbocycles. The lowest BCUT2D eigenvalue weighted by Gasteiger charge is -2.15. The van der Waals surface area contributed by atoms with E-state index in [-0.39, 0.29) is 45.2 Å². The number of aryl methyl sites for hydroxylation is 3. The summed E-state index contributed by atoms with van der Waals surface area (Å²) in [5, 5.41) is 20.5. The lowest BCUT2D eigenvalue weighted by molar-refractivity contribution is -0.141. The molecule has 2 aromatic carbocycles. The Bertz CT molecular complexity index is 3390. The van der Waals surface area contributed by atoms with Crippen molar-refractivity contribution in [1.82, 2.24) is 49.7 Å². The van der Waals surface area contributed by atoms with Crippen LogP contribution in [0.2, 0.25) is 5.02 Å². The molecule has 1 unspecified atom stereocenters. The van der Waals surface area contributed by atoms with Gasteiger partial charge in [-0.2, -0.15) is 0 Å². The SMILES string of the molecule is COC(=O)C[C@@H]1N=C(c2ccc(Cl)cc2)c2c(sc(C(=O)NCCOCCNC(=O)Cn3c(=O)n(C(C)c4ccccn4)c4c5cc(OC)c(-c6c(C)noc6C)cc5ncc43)c2C)-n2c(C)nnc21. The van der Waals surface area contributed by atoms with Gasteiger partial charge in [0, 0.05) is 46.4 Å². The number of nitrogens with one attached hydrogen (secondary N) is 2. The van der Waals surface area contributed by atoms with Crippen molar-refractivity contribution in [3.05, 3.63) is 133 Å². The van der Waals surface area contributed by atoms with Gasteiger partial charge >= 0.3 is 11.7 Å². The summed E-state index contributed by atoms with van der Waals surface area (Å²) in [4.78, 5) is 69.1. The van der Waals surface area contributed by atoms with Crippen LogP contribution in [0.25, 0.3) is 38.1 Å². The molecule has 360 valence electrons. The van der Waals surface area contributed by atoms with Crippen LogP contribution >= 0.6 is 22.9 Å². The average Bonchev–Trinajstić information content (AvgIpc) is 4.07. The van der Waals surface area contributed by atoms with Crippen LogP contribution in [-0.2, 0) is 25.6 Å². The van der Waals surface area contributed by atoms with Crippen LogP contribution in [0.3, 0.4) is 0 Å². The fraction of sp³-hybridized carbons (Fsp3) is 0.306. The van der Waals surface area contributed by atoms with Crippen molar-refractivity contribution in [2.45, 2.75) is 59.7 Å². The Kier molecular flexibility index (Phi) is 13.5. The molecule has 2 N–H and O–H groups in total. The summed E-state index contributed by atoms with van der Waals surface area (Å²) in [7, 11) is 2.90. The topological polar surface area (TPSA) is 225 Å². The summed E-state index contributed by atoms with van der Waals surface area (Å²) >= 11 is 7.52. The van der Waals surface area contributed by atoms with Crippen LogP contribution < -0.4 is 21.1 Å². The van der Waals surface area contributed by atoms with Gasteiger partial charge in [-0.3, -0.25) is 43.0 Å². The number of esters is 1. The number of pyridine rings is 2. The van der Waals surface area contributed by atoms with Gasteiger partial charge in [-0.15, -0.1) is 21.5 Å². The molecule has 0 fully saturated rings. The highest BCUT2D eigenvalue weighted by Gasteiger charge is 2.34. The average molecular weight is 987 g/mol. The van der Waals surface area contributed by atoms with E-state index in [2.05, 4.69) is 31.0 Å². The number of halogens is 1. The monoisotopic (exact) mass is 985 g/mol. The zero-order chi connectivity index (χ0) is 49.4. The highest BCUT2D eigenvalue weighted by atomic mass is 35.5. The molecule has 0 saturated heterocycles. The molecule has 1 aliphatic heterocycles. The first-order valence-electron chi connectivity index (χ1n) is 22.3. The van der Waals surface area contributed by atoms with Crippen molar-refractivity contribution in [3.63, 3.8) is 0 Å². The number of fused-ring (bicyclic) bond motifs is 6. The van der Waals surface area contributed by atoms with E-state index < -0.39 is 29.6 Å². The first kappa shape index (κ1) is 47.5. The lowest BCUT2D eigenvalue weighted by Crippen LogP contribution is -2.35. The summed E-state index contributed by atoms with van der Waals surface area (Å²) < 4.78 is 27.0. The van der Waals surface area contributed by atoms with E-state index in [0.29, 0.717) is 88.2 Å². The van der Waals surface area contributed by atoms with Crippen LogP contribution in [0.1, 0.15) is 80.6 Å². The Balaban J connectivity index is 0.880. The smallest absolute Gasteiger partial charge is 0.330 e. The predicted octanol–water partition coefficient (Wildman–Crippen LogP) is 6.57. The zero-order valence-electron chi connectivity index (χ0n) is 39.3. The first-order chi connectivity index (χ1) is 33.8. The number of carbonyl (C=O) groups excluding carboxylic acids is 3. The Morgan fingerprint density at radius 1 is 0.957 bits per heavy atom. The summed E-state index contributed by atoms with van der Waals surface area (Å²) in [5.74, 6) is 1.00. The van der Waals surface area contributed by atoms with Gasteiger partial charge in [0.2, 0.25) is 5.91 Å². The van der Waals surface area contributed by atoms with E-state index in [1.165, 1.54) is 23.0 Å². The van der Waals surface area contributed by atoms with E-state index in [1.54, 1.807) is 43.1 Å². The fourth-order valence-corrected chi connectivity index (χ4v) is 10.2. The molecule has 9 rings (SSSR count). The maximum absolute atomic E-state index is 14.4. The second kappa shape index (κ2) is 19.8. The van der Waals surface area contributed by atoms with E-state index in [0.717, 1.165) is 16.7 Å². The van der Waals surface area contributed by atoms with Crippen molar-refractivity contribution in [3.8, 4) is 21.9 Å². The Morgan fingerprint density at radius 3 is 2.43 bits per heavy atom. The summed E-state index contributed by atoms with van der Waals surface area (Å²) in [6.45, 7) is 9.58. The molecule has 2 atom stereocenters. The third kappa shape index (κ3) is 8.84. The Hall–Kier alpha value is -7.55. The highest BCUT2D eigenvalue weighted by molar-refractivity contribution is 7.17. The second-order valence-electron chi connectivity index (χ2n) is 16.6. The number of carbonyl (C=O) groups is 3. The third-order valence-electron chi connectivity index (χ3n) is 12.2. The van der Waals surface area contributed by atoms with Crippen LogP contribution in [0.15, 0.2) is 81.3 Å². The number of rotatable bonds is 16. The minimum atomic E-state index is -0.701. The molecule has 19 nitrogen and oxygen atoms in total. The number of benzene rings is 2. The number of aromatic nitrogens is 8. The number of amides is 2. The molecule has 21 heteroatoms.